The SMILES string of the molecule is COc1cccc2c1C(C(C)(C)C)(C(C)(C)C)CN2C(C)(C)C. The van der Waals surface area contributed by atoms with Crippen molar-refractivity contribution in [2.24, 2.45) is 10.8 Å². The quantitative estimate of drug-likeness (QED) is 0.664. The lowest BCUT2D eigenvalue weighted by molar-refractivity contribution is 0.0613. The van der Waals surface area contributed by atoms with Crippen molar-refractivity contribution in [2.45, 2.75) is 73.3 Å². The molecule has 2 nitrogen and oxygen atoms in total. The van der Waals surface area contributed by atoms with Gasteiger partial charge in [-0.15, -0.1) is 0 Å². The van der Waals surface area contributed by atoms with Crippen LogP contribution in [0.25, 0.3) is 0 Å². The second-order valence-electron chi connectivity index (χ2n) is 10.0. The highest BCUT2D eigenvalue weighted by atomic mass is 16.5. The number of rotatable bonds is 1. The molecule has 0 unspecified atom stereocenters. The number of hydrogen-bond acceptors (Lipinski definition) is 2. The van der Waals surface area contributed by atoms with Gasteiger partial charge in [0, 0.05) is 28.7 Å². The highest BCUT2D eigenvalue weighted by Gasteiger charge is 2.59. The minimum Gasteiger partial charge on any atom is -0.496 e. The van der Waals surface area contributed by atoms with Crippen LogP contribution >= 0.6 is 0 Å². The molecule has 2 rings (SSSR count). The molecule has 23 heavy (non-hydrogen) atoms. The van der Waals surface area contributed by atoms with E-state index < -0.39 is 0 Å². The monoisotopic (exact) mass is 317 g/mol. The molecule has 1 heterocycles. The molecule has 0 amide bonds. The molecule has 0 saturated carbocycles. The maximum absolute atomic E-state index is 5.84. The number of hydrogen-bond donors (Lipinski definition) is 0. The van der Waals surface area contributed by atoms with E-state index in [1.165, 1.54) is 11.3 Å². The van der Waals surface area contributed by atoms with Gasteiger partial charge in [0.1, 0.15) is 5.75 Å². The summed E-state index contributed by atoms with van der Waals surface area (Å²) in [6.07, 6.45) is 0. The Kier molecular flexibility index (Phi) is 4.07. The smallest absolute Gasteiger partial charge is 0.124 e. The second-order valence-corrected chi connectivity index (χ2v) is 10.0. The number of ether oxygens (including phenoxy) is 1. The summed E-state index contributed by atoms with van der Waals surface area (Å²) in [6.45, 7) is 22.2. The second kappa shape index (κ2) is 5.16. The maximum Gasteiger partial charge on any atom is 0.124 e. The van der Waals surface area contributed by atoms with Gasteiger partial charge < -0.3 is 9.64 Å². The minimum absolute atomic E-state index is 0.0230. The number of methoxy groups -OCH3 is 1. The van der Waals surface area contributed by atoms with E-state index in [-0.39, 0.29) is 21.8 Å². The van der Waals surface area contributed by atoms with Gasteiger partial charge in [-0.25, -0.2) is 0 Å². The minimum atomic E-state index is 0.0230. The molecule has 1 aromatic carbocycles. The predicted octanol–water partition coefficient (Wildman–Crippen LogP) is 5.64. The highest BCUT2D eigenvalue weighted by Crippen LogP contribution is 2.62. The Balaban J connectivity index is 2.89. The first-order valence-corrected chi connectivity index (χ1v) is 8.72. The first-order valence-electron chi connectivity index (χ1n) is 8.72. The molecule has 1 aliphatic heterocycles. The normalized spacial score (nSPS) is 18.1. The summed E-state index contributed by atoms with van der Waals surface area (Å²) in [5.41, 5.74) is 3.07. The van der Waals surface area contributed by atoms with Gasteiger partial charge >= 0.3 is 0 Å². The Hall–Kier alpha value is -1.18. The van der Waals surface area contributed by atoms with Gasteiger partial charge in [-0.1, -0.05) is 47.6 Å². The van der Waals surface area contributed by atoms with E-state index in [4.69, 9.17) is 4.74 Å². The number of fused-ring (bicyclic) bond motifs is 1. The molecule has 0 bridgehead atoms. The van der Waals surface area contributed by atoms with Crippen molar-refractivity contribution in [3.8, 4) is 5.75 Å². The van der Waals surface area contributed by atoms with Crippen LogP contribution in [0.5, 0.6) is 5.75 Å². The van der Waals surface area contributed by atoms with Crippen LogP contribution in [-0.2, 0) is 5.41 Å². The summed E-state index contributed by atoms with van der Waals surface area (Å²) in [6, 6.07) is 6.51. The average molecular weight is 318 g/mol. The topological polar surface area (TPSA) is 12.5 Å². The summed E-state index contributed by atoms with van der Waals surface area (Å²) in [4.78, 5) is 2.57. The molecular weight excluding hydrogens is 282 g/mol. The fourth-order valence-corrected chi connectivity index (χ4v) is 4.69. The van der Waals surface area contributed by atoms with Crippen molar-refractivity contribution in [3.05, 3.63) is 23.8 Å². The van der Waals surface area contributed by atoms with Crippen LogP contribution in [0.3, 0.4) is 0 Å². The van der Waals surface area contributed by atoms with Crippen molar-refractivity contribution in [2.75, 3.05) is 18.6 Å². The van der Waals surface area contributed by atoms with Crippen LogP contribution in [0.4, 0.5) is 5.69 Å². The van der Waals surface area contributed by atoms with Crippen molar-refractivity contribution in [1.82, 2.24) is 0 Å². The molecule has 1 aromatic rings. The fourth-order valence-electron chi connectivity index (χ4n) is 4.69. The molecule has 0 aliphatic carbocycles. The molecule has 0 radical (unpaired) electrons. The lowest BCUT2D eigenvalue weighted by atomic mass is 9.52. The van der Waals surface area contributed by atoms with Gasteiger partial charge in [0.05, 0.1) is 7.11 Å². The summed E-state index contributed by atoms with van der Waals surface area (Å²) in [7, 11) is 1.80. The highest BCUT2D eigenvalue weighted by molar-refractivity contribution is 5.70. The number of benzene rings is 1. The fraction of sp³-hybridized carbons (Fsp3) is 0.714. The van der Waals surface area contributed by atoms with Crippen molar-refractivity contribution < 1.29 is 4.74 Å². The molecule has 0 fully saturated rings. The van der Waals surface area contributed by atoms with Gasteiger partial charge in [-0.3, -0.25) is 0 Å². The molecule has 2 heteroatoms. The summed E-state index contributed by atoms with van der Waals surface area (Å²) < 4.78 is 5.84. The summed E-state index contributed by atoms with van der Waals surface area (Å²) in [5.74, 6) is 1.03. The van der Waals surface area contributed by atoms with Gasteiger partial charge in [0.25, 0.3) is 0 Å². The Bertz CT molecular complexity index is 567. The van der Waals surface area contributed by atoms with Crippen LogP contribution in [0.2, 0.25) is 0 Å². The van der Waals surface area contributed by atoms with Crippen molar-refractivity contribution >= 4 is 5.69 Å². The average Bonchev–Trinajstić information content (AvgIpc) is 2.73. The standard InChI is InChI=1S/C21H35NO/c1-18(2,3)21(19(4,5)6)14-22(20(7,8)9)15-12-11-13-16(23-10)17(15)21/h11-13H,14H2,1-10H3. The largest absolute Gasteiger partial charge is 0.496 e. The zero-order valence-corrected chi connectivity index (χ0v) is 16.8. The van der Waals surface area contributed by atoms with Crippen LogP contribution in [0, 0.1) is 10.8 Å². The third kappa shape index (κ3) is 2.55. The van der Waals surface area contributed by atoms with Crippen molar-refractivity contribution in [3.63, 3.8) is 0 Å². The van der Waals surface area contributed by atoms with Gasteiger partial charge in [0.15, 0.2) is 0 Å². The van der Waals surface area contributed by atoms with E-state index in [0.29, 0.717) is 0 Å². The molecule has 130 valence electrons. The maximum atomic E-state index is 5.84. The van der Waals surface area contributed by atoms with E-state index in [9.17, 15) is 0 Å². The summed E-state index contributed by atoms with van der Waals surface area (Å²) >= 11 is 0. The Morgan fingerprint density at radius 3 is 1.83 bits per heavy atom. The van der Waals surface area contributed by atoms with Gasteiger partial charge in [-0.2, -0.15) is 0 Å². The van der Waals surface area contributed by atoms with Gasteiger partial charge in [0.2, 0.25) is 0 Å². The molecular formula is C21H35NO. The molecule has 0 spiro atoms. The van der Waals surface area contributed by atoms with Crippen molar-refractivity contribution in [1.29, 1.82) is 0 Å². The van der Waals surface area contributed by atoms with E-state index in [0.717, 1.165) is 12.3 Å². The molecule has 0 aromatic heterocycles. The van der Waals surface area contributed by atoms with E-state index in [2.05, 4.69) is 85.4 Å². The lowest BCUT2D eigenvalue weighted by Crippen LogP contribution is -2.55. The Morgan fingerprint density at radius 1 is 0.913 bits per heavy atom. The van der Waals surface area contributed by atoms with E-state index in [1.54, 1.807) is 7.11 Å². The number of nitrogens with zero attached hydrogens (tertiary/aromatic N) is 1. The zero-order valence-electron chi connectivity index (χ0n) is 16.8. The molecule has 0 atom stereocenters. The summed E-state index contributed by atoms with van der Waals surface area (Å²) in [5, 5.41) is 0. The first-order chi connectivity index (χ1) is 10.3. The molecule has 0 N–H and O–H groups in total. The zero-order chi connectivity index (χ0) is 17.8. The lowest BCUT2D eigenvalue weighted by Gasteiger charge is -2.53. The predicted molar refractivity (Wildman–Crippen MR) is 101 cm³/mol. The van der Waals surface area contributed by atoms with Crippen LogP contribution in [0.15, 0.2) is 18.2 Å². The Labute approximate surface area is 143 Å². The van der Waals surface area contributed by atoms with Gasteiger partial charge in [-0.05, 0) is 43.7 Å². The molecule has 1 aliphatic rings. The Morgan fingerprint density at radius 2 is 1.43 bits per heavy atom. The van der Waals surface area contributed by atoms with E-state index >= 15 is 0 Å². The van der Waals surface area contributed by atoms with Crippen LogP contribution in [-0.4, -0.2) is 19.2 Å². The van der Waals surface area contributed by atoms with Crippen LogP contribution < -0.4 is 9.64 Å². The number of anilines is 1. The van der Waals surface area contributed by atoms with Crippen LogP contribution in [0.1, 0.15) is 67.9 Å². The third-order valence-electron chi connectivity index (χ3n) is 5.71. The first kappa shape index (κ1) is 18.2. The van der Waals surface area contributed by atoms with E-state index in [1.807, 2.05) is 0 Å². The molecule has 0 saturated heterocycles. The third-order valence-corrected chi connectivity index (χ3v) is 5.71.